The minimum Gasteiger partial charge on any atom is -0.348 e. The number of rotatable bonds is 4. The van der Waals surface area contributed by atoms with Crippen LogP contribution in [-0.4, -0.2) is 20.7 Å². The number of halogens is 1. The molecule has 3 rings (SSSR count). The van der Waals surface area contributed by atoms with Gasteiger partial charge in [0, 0.05) is 12.6 Å². The molecule has 1 fully saturated rings. The molecule has 1 amide bonds. The highest BCUT2D eigenvalue weighted by molar-refractivity contribution is 5.91. The number of carbonyl (C=O) groups is 1. The predicted molar refractivity (Wildman–Crippen MR) is 74.9 cm³/mol. The summed E-state index contributed by atoms with van der Waals surface area (Å²) in [6.45, 7) is 2.15. The molecule has 6 heteroatoms. The third-order valence-corrected chi connectivity index (χ3v) is 4.16. The van der Waals surface area contributed by atoms with Crippen LogP contribution in [0.4, 0.5) is 4.39 Å². The van der Waals surface area contributed by atoms with Crippen molar-refractivity contribution in [3.63, 3.8) is 0 Å². The number of hydrogen-bond donors (Lipinski definition) is 1. The van der Waals surface area contributed by atoms with Gasteiger partial charge in [-0.2, -0.15) is 0 Å². The van der Waals surface area contributed by atoms with Crippen LogP contribution in [0.15, 0.2) is 24.3 Å². The van der Waals surface area contributed by atoms with Gasteiger partial charge < -0.3 is 9.88 Å². The number of aromatic nitrogens is 3. The Bertz CT molecular complexity index is 691. The molecule has 0 saturated heterocycles. The van der Waals surface area contributed by atoms with Gasteiger partial charge in [-0.1, -0.05) is 18.2 Å². The van der Waals surface area contributed by atoms with E-state index in [2.05, 4.69) is 15.5 Å². The van der Waals surface area contributed by atoms with E-state index in [1.807, 2.05) is 18.5 Å². The fraction of sp³-hybridized carbons (Fsp3) is 0.400. The van der Waals surface area contributed by atoms with Gasteiger partial charge in [0.25, 0.3) is 0 Å². The molecule has 1 aromatic heterocycles. The van der Waals surface area contributed by atoms with Crippen molar-refractivity contribution in [1.82, 2.24) is 20.1 Å². The van der Waals surface area contributed by atoms with Gasteiger partial charge in [-0.25, -0.2) is 4.39 Å². The first kappa shape index (κ1) is 13.7. The zero-order valence-electron chi connectivity index (χ0n) is 12.1. The van der Waals surface area contributed by atoms with Gasteiger partial charge in [0.1, 0.15) is 11.6 Å². The maximum atomic E-state index is 13.9. The second-order valence-corrected chi connectivity index (χ2v) is 5.47. The van der Waals surface area contributed by atoms with Crippen LogP contribution in [0, 0.1) is 12.7 Å². The van der Waals surface area contributed by atoms with Crippen LogP contribution in [0.25, 0.3) is 0 Å². The molecular weight excluding hydrogens is 271 g/mol. The summed E-state index contributed by atoms with van der Waals surface area (Å²) in [4.78, 5) is 12.4. The first-order chi connectivity index (χ1) is 10.0. The predicted octanol–water partition coefficient (Wildman–Crippen LogP) is 1.61. The Morgan fingerprint density at radius 2 is 2.10 bits per heavy atom. The molecule has 1 aromatic carbocycles. The van der Waals surface area contributed by atoms with E-state index in [-0.39, 0.29) is 11.7 Å². The molecule has 1 aliphatic carbocycles. The third kappa shape index (κ3) is 2.30. The van der Waals surface area contributed by atoms with E-state index >= 15 is 0 Å². The van der Waals surface area contributed by atoms with Crippen LogP contribution in [-0.2, 0) is 23.8 Å². The lowest BCUT2D eigenvalue weighted by Crippen LogP contribution is -2.35. The van der Waals surface area contributed by atoms with E-state index in [1.165, 1.54) is 6.07 Å². The first-order valence-electron chi connectivity index (χ1n) is 6.93. The zero-order chi connectivity index (χ0) is 15.0. The van der Waals surface area contributed by atoms with Crippen LogP contribution >= 0.6 is 0 Å². The van der Waals surface area contributed by atoms with Crippen molar-refractivity contribution in [1.29, 1.82) is 0 Å². The molecule has 2 aromatic rings. The normalized spacial score (nSPS) is 15.8. The lowest BCUT2D eigenvalue weighted by molar-refractivity contribution is -0.123. The number of aryl methyl sites for hydroxylation is 1. The molecular formula is C15H17FN4O. The molecule has 1 N–H and O–H groups in total. The molecule has 0 radical (unpaired) electrons. The number of amides is 1. The van der Waals surface area contributed by atoms with Crippen molar-refractivity contribution in [2.75, 3.05) is 0 Å². The van der Waals surface area contributed by atoms with Gasteiger partial charge >= 0.3 is 0 Å². The van der Waals surface area contributed by atoms with Gasteiger partial charge in [0.2, 0.25) is 5.91 Å². The zero-order valence-corrected chi connectivity index (χ0v) is 12.1. The Kier molecular flexibility index (Phi) is 3.23. The highest BCUT2D eigenvalue weighted by Crippen LogP contribution is 2.49. The maximum absolute atomic E-state index is 13.9. The average Bonchev–Trinajstić information content (AvgIpc) is 3.22. The molecule has 0 atom stereocenters. The third-order valence-electron chi connectivity index (χ3n) is 4.16. The minimum atomic E-state index is -0.709. The lowest BCUT2D eigenvalue weighted by atomic mass is 9.94. The number of benzene rings is 1. The molecule has 1 aliphatic rings. The van der Waals surface area contributed by atoms with Gasteiger partial charge in [-0.05, 0) is 25.8 Å². The molecule has 5 nitrogen and oxygen atoms in total. The Hall–Kier alpha value is -2.24. The summed E-state index contributed by atoms with van der Waals surface area (Å²) >= 11 is 0. The van der Waals surface area contributed by atoms with Gasteiger partial charge in [-0.15, -0.1) is 10.2 Å². The van der Waals surface area contributed by atoms with E-state index in [9.17, 15) is 9.18 Å². The maximum Gasteiger partial charge on any atom is 0.231 e. The standard InChI is InChI=1S/C15H17FN4O/c1-10-18-19-13(20(10)2)9-17-14(21)15(7-8-15)11-5-3-4-6-12(11)16/h3-6H,7-9H2,1-2H3,(H,17,21). The van der Waals surface area contributed by atoms with Crippen molar-refractivity contribution in [2.24, 2.45) is 7.05 Å². The van der Waals surface area contributed by atoms with Crippen LogP contribution in [0.2, 0.25) is 0 Å². The summed E-state index contributed by atoms with van der Waals surface area (Å²) in [5.41, 5.74) is -0.226. The summed E-state index contributed by atoms with van der Waals surface area (Å²) < 4.78 is 15.7. The first-order valence-corrected chi connectivity index (χ1v) is 6.93. The average molecular weight is 288 g/mol. The SMILES string of the molecule is Cc1nnc(CNC(=O)C2(c3ccccc3F)CC2)n1C. The van der Waals surface area contributed by atoms with Crippen molar-refractivity contribution in [3.05, 3.63) is 47.3 Å². The topological polar surface area (TPSA) is 59.8 Å². The quantitative estimate of drug-likeness (QED) is 0.930. The fourth-order valence-electron chi connectivity index (χ4n) is 2.53. The highest BCUT2D eigenvalue weighted by atomic mass is 19.1. The Morgan fingerprint density at radius 1 is 1.38 bits per heavy atom. The Labute approximate surface area is 122 Å². The molecule has 1 saturated carbocycles. The summed E-state index contributed by atoms with van der Waals surface area (Å²) in [5, 5.41) is 10.8. The molecule has 0 unspecified atom stereocenters. The molecule has 21 heavy (non-hydrogen) atoms. The summed E-state index contributed by atoms with van der Waals surface area (Å²) in [7, 11) is 1.85. The lowest BCUT2D eigenvalue weighted by Gasteiger charge is -2.16. The second-order valence-electron chi connectivity index (χ2n) is 5.47. The molecule has 1 heterocycles. The molecule has 0 aliphatic heterocycles. The van der Waals surface area contributed by atoms with Crippen molar-refractivity contribution >= 4 is 5.91 Å². The number of nitrogens with zero attached hydrogens (tertiary/aromatic N) is 3. The van der Waals surface area contributed by atoms with Crippen molar-refractivity contribution in [2.45, 2.75) is 31.7 Å². The van der Waals surface area contributed by atoms with E-state index < -0.39 is 5.41 Å². The molecule has 0 spiro atoms. The monoisotopic (exact) mass is 288 g/mol. The second kappa shape index (κ2) is 4.95. The van der Waals surface area contributed by atoms with Gasteiger partial charge in [0.15, 0.2) is 5.82 Å². The van der Waals surface area contributed by atoms with Crippen LogP contribution in [0.1, 0.15) is 30.1 Å². The van der Waals surface area contributed by atoms with Gasteiger partial charge in [0.05, 0.1) is 12.0 Å². The van der Waals surface area contributed by atoms with E-state index in [1.54, 1.807) is 18.2 Å². The number of nitrogens with one attached hydrogen (secondary N) is 1. The summed E-state index contributed by atoms with van der Waals surface area (Å²) in [6.07, 6.45) is 1.36. The molecule has 0 bridgehead atoms. The Morgan fingerprint density at radius 3 is 2.67 bits per heavy atom. The van der Waals surface area contributed by atoms with E-state index in [0.29, 0.717) is 30.8 Å². The smallest absolute Gasteiger partial charge is 0.231 e. The van der Waals surface area contributed by atoms with E-state index in [4.69, 9.17) is 0 Å². The summed E-state index contributed by atoms with van der Waals surface area (Å²) in [5.74, 6) is 1.01. The van der Waals surface area contributed by atoms with Gasteiger partial charge in [-0.3, -0.25) is 4.79 Å². The summed E-state index contributed by atoms with van der Waals surface area (Å²) in [6, 6.07) is 6.48. The van der Waals surface area contributed by atoms with Crippen LogP contribution in [0.5, 0.6) is 0 Å². The van der Waals surface area contributed by atoms with Crippen LogP contribution in [0.3, 0.4) is 0 Å². The van der Waals surface area contributed by atoms with Crippen molar-refractivity contribution < 1.29 is 9.18 Å². The number of hydrogen-bond acceptors (Lipinski definition) is 3. The van der Waals surface area contributed by atoms with Crippen LogP contribution < -0.4 is 5.32 Å². The Balaban J connectivity index is 1.74. The largest absolute Gasteiger partial charge is 0.348 e. The number of carbonyl (C=O) groups excluding carboxylic acids is 1. The van der Waals surface area contributed by atoms with E-state index in [0.717, 1.165) is 5.82 Å². The fourth-order valence-corrected chi connectivity index (χ4v) is 2.53. The minimum absolute atomic E-state index is 0.145. The molecule has 110 valence electrons. The van der Waals surface area contributed by atoms with Crippen molar-refractivity contribution in [3.8, 4) is 0 Å². The highest BCUT2D eigenvalue weighted by Gasteiger charge is 2.52.